The molecule has 0 radical (unpaired) electrons. The molecule has 0 aromatic heterocycles. The van der Waals surface area contributed by atoms with Crippen LogP contribution in [0.2, 0.25) is 0 Å². The number of ketones is 1. The van der Waals surface area contributed by atoms with Crippen molar-refractivity contribution < 1.29 is 24.2 Å². The molecule has 6 heteroatoms. The number of rotatable bonds is 8. The molecule has 1 aromatic rings. The molecule has 24 heavy (non-hydrogen) atoms. The SMILES string of the molecule is COc1ccc(C(=O)CCCC(=O)N[C@H]2CC[C@@H](C(=O)O)C2)cc1. The largest absolute Gasteiger partial charge is 0.497 e. The Morgan fingerprint density at radius 1 is 1.17 bits per heavy atom. The van der Waals surface area contributed by atoms with Crippen molar-refractivity contribution in [2.24, 2.45) is 5.92 Å². The van der Waals surface area contributed by atoms with Crippen LogP contribution < -0.4 is 10.1 Å². The average molecular weight is 333 g/mol. The fourth-order valence-electron chi connectivity index (χ4n) is 2.97. The van der Waals surface area contributed by atoms with Gasteiger partial charge in [0.05, 0.1) is 13.0 Å². The highest BCUT2D eigenvalue weighted by atomic mass is 16.5. The van der Waals surface area contributed by atoms with Crippen LogP contribution in [0.3, 0.4) is 0 Å². The number of carbonyl (C=O) groups is 3. The van der Waals surface area contributed by atoms with Gasteiger partial charge in [-0.2, -0.15) is 0 Å². The van der Waals surface area contributed by atoms with Gasteiger partial charge in [0, 0.05) is 24.4 Å². The summed E-state index contributed by atoms with van der Waals surface area (Å²) in [5, 5.41) is 11.8. The molecule has 0 saturated heterocycles. The quantitative estimate of drug-likeness (QED) is 0.713. The van der Waals surface area contributed by atoms with Crippen LogP contribution in [0, 0.1) is 5.92 Å². The van der Waals surface area contributed by atoms with E-state index in [-0.39, 0.29) is 30.1 Å². The number of aliphatic carboxylic acids is 1. The standard InChI is InChI=1S/C18H23NO5/c1-24-15-9-6-12(7-10-15)16(20)3-2-4-17(21)19-14-8-5-13(11-14)18(22)23/h6-7,9-10,13-14H,2-5,8,11H2,1H3,(H,19,21)(H,22,23)/t13-,14+/m1/s1. The number of Topliss-reactive ketones (excluding diaryl/α,β-unsaturated/α-hetero) is 1. The maximum atomic E-state index is 12.1. The first-order valence-electron chi connectivity index (χ1n) is 8.19. The maximum Gasteiger partial charge on any atom is 0.306 e. The van der Waals surface area contributed by atoms with E-state index in [4.69, 9.17) is 9.84 Å². The van der Waals surface area contributed by atoms with Gasteiger partial charge in [0.1, 0.15) is 5.75 Å². The van der Waals surface area contributed by atoms with E-state index in [0.717, 1.165) is 0 Å². The van der Waals surface area contributed by atoms with E-state index in [9.17, 15) is 14.4 Å². The number of hydrogen-bond acceptors (Lipinski definition) is 4. The molecule has 1 fully saturated rings. The van der Waals surface area contributed by atoms with Crippen LogP contribution in [0.25, 0.3) is 0 Å². The summed E-state index contributed by atoms with van der Waals surface area (Å²) in [6, 6.07) is 6.84. The summed E-state index contributed by atoms with van der Waals surface area (Å²) in [5.74, 6) is -0.572. The van der Waals surface area contributed by atoms with Crippen LogP contribution in [0.5, 0.6) is 5.75 Å². The van der Waals surface area contributed by atoms with Crippen molar-refractivity contribution in [3.05, 3.63) is 29.8 Å². The first-order chi connectivity index (χ1) is 11.5. The average Bonchev–Trinajstić information content (AvgIpc) is 3.03. The van der Waals surface area contributed by atoms with Crippen LogP contribution in [-0.4, -0.2) is 35.9 Å². The lowest BCUT2D eigenvalue weighted by molar-refractivity contribution is -0.141. The second kappa shape index (κ2) is 8.47. The van der Waals surface area contributed by atoms with Crippen molar-refractivity contribution in [3.63, 3.8) is 0 Å². The van der Waals surface area contributed by atoms with Crippen molar-refractivity contribution in [2.75, 3.05) is 7.11 Å². The van der Waals surface area contributed by atoms with Crippen LogP contribution >= 0.6 is 0 Å². The summed E-state index contributed by atoms with van der Waals surface area (Å²) < 4.78 is 5.05. The summed E-state index contributed by atoms with van der Waals surface area (Å²) >= 11 is 0. The Labute approximate surface area is 141 Å². The molecule has 0 unspecified atom stereocenters. The number of ether oxygens (including phenoxy) is 1. The number of carboxylic acids is 1. The topological polar surface area (TPSA) is 92.7 Å². The zero-order chi connectivity index (χ0) is 17.5. The van der Waals surface area contributed by atoms with E-state index < -0.39 is 5.97 Å². The van der Waals surface area contributed by atoms with Gasteiger partial charge >= 0.3 is 5.97 Å². The van der Waals surface area contributed by atoms with Crippen molar-refractivity contribution in [2.45, 2.75) is 44.6 Å². The Kier molecular flexibility index (Phi) is 6.35. The third-order valence-electron chi connectivity index (χ3n) is 4.37. The summed E-state index contributed by atoms with van der Waals surface area (Å²) in [6.07, 6.45) is 2.86. The molecule has 130 valence electrons. The van der Waals surface area contributed by atoms with Gasteiger partial charge in [-0.3, -0.25) is 14.4 Å². The Morgan fingerprint density at radius 3 is 2.46 bits per heavy atom. The third kappa shape index (κ3) is 5.08. The van der Waals surface area contributed by atoms with Gasteiger partial charge in [-0.25, -0.2) is 0 Å². The number of amides is 1. The second-order valence-corrected chi connectivity index (χ2v) is 6.12. The Morgan fingerprint density at radius 2 is 1.88 bits per heavy atom. The van der Waals surface area contributed by atoms with Gasteiger partial charge in [0.2, 0.25) is 5.91 Å². The van der Waals surface area contributed by atoms with Gasteiger partial charge in [-0.15, -0.1) is 0 Å². The number of carbonyl (C=O) groups excluding carboxylic acids is 2. The van der Waals surface area contributed by atoms with Crippen LogP contribution in [0.4, 0.5) is 0 Å². The molecule has 1 aliphatic carbocycles. The van der Waals surface area contributed by atoms with Gasteiger partial charge < -0.3 is 15.2 Å². The highest BCUT2D eigenvalue weighted by Gasteiger charge is 2.30. The monoisotopic (exact) mass is 333 g/mol. The Bertz CT molecular complexity index is 596. The minimum atomic E-state index is -0.795. The van der Waals surface area contributed by atoms with Crippen LogP contribution in [0.15, 0.2) is 24.3 Å². The van der Waals surface area contributed by atoms with Gasteiger partial charge in [-0.1, -0.05) is 0 Å². The lowest BCUT2D eigenvalue weighted by Crippen LogP contribution is -2.33. The molecule has 0 bridgehead atoms. The minimum Gasteiger partial charge on any atom is -0.497 e. The molecular weight excluding hydrogens is 310 g/mol. The van der Waals surface area contributed by atoms with Gasteiger partial charge in [-0.05, 0) is 49.9 Å². The number of carboxylic acid groups (broad SMARTS) is 1. The lowest BCUT2D eigenvalue weighted by atomic mass is 10.0. The highest BCUT2D eigenvalue weighted by Crippen LogP contribution is 2.25. The van der Waals surface area contributed by atoms with E-state index in [1.165, 1.54) is 0 Å². The first kappa shape index (κ1) is 18.0. The summed E-state index contributed by atoms with van der Waals surface area (Å²) in [5.41, 5.74) is 0.608. The fourth-order valence-corrected chi connectivity index (χ4v) is 2.97. The molecule has 2 N–H and O–H groups in total. The Balaban J connectivity index is 1.68. The van der Waals surface area contributed by atoms with Crippen LogP contribution in [0.1, 0.15) is 48.9 Å². The zero-order valence-corrected chi connectivity index (χ0v) is 13.8. The minimum absolute atomic E-state index is 0.00254. The molecule has 0 heterocycles. The van der Waals surface area contributed by atoms with Gasteiger partial charge in [0.15, 0.2) is 5.78 Å². The fraction of sp³-hybridized carbons (Fsp3) is 0.500. The number of nitrogens with one attached hydrogen (secondary N) is 1. The molecule has 2 rings (SSSR count). The molecule has 0 spiro atoms. The predicted octanol–water partition coefficient (Wildman–Crippen LogP) is 2.42. The molecule has 1 amide bonds. The maximum absolute atomic E-state index is 12.1. The zero-order valence-electron chi connectivity index (χ0n) is 13.8. The number of methoxy groups -OCH3 is 1. The second-order valence-electron chi connectivity index (χ2n) is 6.12. The predicted molar refractivity (Wildman–Crippen MR) is 88.1 cm³/mol. The molecule has 6 nitrogen and oxygen atoms in total. The van der Waals surface area contributed by atoms with Crippen molar-refractivity contribution in [1.82, 2.24) is 5.32 Å². The van der Waals surface area contributed by atoms with E-state index in [1.54, 1.807) is 31.4 Å². The van der Waals surface area contributed by atoms with Crippen LogP contribution in [-0.2, 0) is 9.59 Å². The molecule has 1 aromatic carbocycles. The van der Waals surface area contributed by atoms with E-state index in [2.05, 4.69) is 5.32 Å². The van der Waals surface area contributed by atoms with Gasteiger partial charge in [0.25, 0.3) is 0 Å². The molecule has 2 atom stereocenters. The van der Waals surface area contributed by atoms with E-state index in [1.807, 2.05) is 0 Å². The highest BCUT2D eigenvalue weighted by molar-refractivity contribution is 5.96. The number of benzene rings is 1. The molecule has 1 saturated carbocycles. The summed E-state index contributed by atoms with van der Waals surface area (Å²) in [6.45, 7) is 0. The first-order valence-corrected chi connectivity index (χ1v) is 8.19. The van der Waals surface area contributed by atoms with E-state index >= 15 is 0 Å². The summed E-state index contributed by atoms with van der Waals surface area (Å²) in [7, 11) is 1.57. The van der Waals surface area contributed by atoms with Crippen molar-refractivity contribution >= 4 is 17.7 Å². The number of hydrogen-bond donors (Lipinski definition) is 2. The molecular formula is C18H23NO5. The third-order valence-corrected chi connectivity index (χ3v) is 4.37. The summed E-state index contributed by atoms with van der Waals surface area (Å²) in [4.78, 5) is 34.8. The smallest absolute Gasteiger partial charge is 0.306 e. The molecule has 1 aliphatic rings. The van der Waals surface area contributed by atoms with Crippen molar-refractivity contribution in [1.29, 1.82) is 0 Å². The normalized spacial score (nSPS) is 19.7. The van der Waals surface area contributed by atoms with E-state index in [0.29, 0.717) is 43.4 Å². The van der Waals surface area contributed by atoms with Crippen molar-refractivity contribution in [3.8, 4) is 5.75 Å². The Hall–Kier alpha value is -2.37. The lowest BCUT2D eigenvalue weighted by Gasteiger charge is -2.12. The molecule has 0 aliphatic heterocycles.